The first-order valence-electron chi connectivity index (χ1n) is 11.1. The van der Waals surface area contributed by atoms with Gasteiger partial charge in [-0.1, -0.05) is 30.3 Å². The van der Waals surface area contributed by atoms with Gasteiger partial charge in [-0.15, -0.1) is 0 Å². The number of hydrogen-bond donors (Lipinski definition) is 3. The van der Waals surface area contributed by atoms with Crippen LogP contribution in [0.25, 0.3) is 0 Å². The maximum atomic E-state index is 12.0. The van der Waals surface area contributed by atoms with Gasteiger partial charge >= 0.3 is 0 Å². The number of hydrogen-bond acceptors (Lipinski definition) is 4. The third kappa shape index (κ3) is 8.84. The van der Waals surface area contributed by atoms with Gasteiger partial charge in [-0.2, -0.15) is 0 Å². The zero-order valence-electron chi connectivity index (χ0n) is 19.3. The van der Waals surface area contributed by atoms with Gasteiger partial charge in [0.2, 0.25) is 0 Å². The predicted octanol–water partition coefficient (Wildman–Crippen LogP) is 3.17. The fourth-order valence-corrected chi connectivity index (χ4v) is 3.15. The molecule has 7 heteroatoms. The molecular weight excluding hydrogens is 390 g/mol. The SMILES string of the molecule is CCNC(=NCCCNC(=O)c1occc1C)NCCC(C)N(C)Cc1ccccc1. The molecular formula is C24H37N5O2. The number of furan rings is 1. The standard InChI is InChI=1S/C24H37N5O2/c1-5-25-24(27-15-9-14-26-23(30)22-19(2)13-17-31-22)28-16-12-20(3)29(4)18-21-10-7-6-8-11-21/h6-8,10-11,13,17,20H,5,9,12,14-16,18H2,1-4H3,(H,26,30)(H2,25,27,28). The van der Waals surface area contributed by atoms with Crippen LogP contribution in [0.1, 0.15) is 48.4 Å². The largest absolute Gasteiger partial charge is 0.459 e. The number of aliphatic imine (C=N–C) groups is 1. The van der Waals surface area contributed by atoms with E-state index in [-0.39, 0.29) is 5.91 Å². The number of nitrogens with zero attached hydrogens (tertiary/aromatic N) is 2. The van der Waals surface area contributed by atoms with Crippen LogP contribution in [-0.2, 0) is 6.54 Å². The predicted molar refractivity (Wildman–Crippen MR) is 126 cm³/mol. The number of benzene rings is 1. The van der Waals surface area contributed by atoms with Gasteiger partial charge in [-0.3, -0.25) is 14.7 Å². The monoisotopic (exact) mass is 427 g/mol. The molecule has 0 spiro atoms. The highest BCUT2D eigenvalue weighted by Gasteiger charge is 2.12. The fourth-order valence-electron chi connectivity index (χ4n) is 3.15. The molecule has 1 aromatic carbocycles. The number of rotatable bonds is 12. The molecule has 1 atom stereocenters. The minimum atomic E-state index is -0.176. The average Bonchev–Trinajstić information content (AvgIpc) is 3.19. The minimum Gasteiger partial charge on any atom is -0.459 e. The van der Waals surface area contributed by atoms with Gasteiger partial charge in [0.1, 0.15) is 0 Å². The van der Waals surface area contributed by atoms with E-state index >= 15 is 0 Å². The Morgan fingerprint density at radius 2 is 1.90 bits per heavy atom. The fraction of sp³-hybridized carbons (Fsp3) is 0.500. The van der Waals surface area contributed by atoms with Crippen molar-refractivity contribution in [3.05, 3.63) is 59.5 Å². The zero-order valence-corrected chi connectivity index (χ0v) is 19.3. The Hall–Kier alpha value is -2.80. The Bertz CT molecular complexity index is 803. The van der Waals surface area contributed by atoms with Crippen LogP contribution < -0.4 is 16.0 Å². The van der Waals surface area contributed by atoms with Gasteiger partial charge in [0.15, 0.2) is 11.7 Å². The second-order valence-electron chi connectivity index (χ2n) is 7.77. The van der Waals surface area contributed by atoms with Crippen molar-refractivity contribution in [3.63, 3.8) is 0 Å². The molecule has 0 fully saturated rings. The topological polar surface area (TPSA) is 81.9 Å². The molecule has 0 aliphatic heterocycles. The van der Waals surface area contributed by atoms with Crippen molar-refractivity contribution in [3.8, 4) is 0 Å². The van der Waals surface area contributed by atoms with E-state index in [2.05, 4.69) is 71.0 Å². The quantitative estimate of drug-likeness (QED) is 0.275. The summed E-state index contributed by atoms with van der Waals surface area (Å²) in [6.45, 7) is 9.96. The van der Waals surface area contributed by atoms with Crippen LogP contribution in [0.4, 0.5) is 0 Å². The van der Waals surface area contributed by atoms with Crippen molar-refractivity contribution in [1.29, 1.82) is 0 Å². The van der Waals surface area contributed by atoms with E-state index in [9.17, 15) is 4.79 Å². The molecule has 0 bridgehead atoms. The molecule has 170 valence electrons. The molecule has 3 N–H and O–H groups in total. The van der Waals surface area contributed by atoms with E-state index in [0.29, 0.717) is 24.9 Å². The second kappa shape index (κ2) is 13.5. The Morgan fingerprint density at radius 3 is 2.58 bits per heavy atom. The third-order valence-electron chi connectivity index (χ3n) is 5.18. The van der Waals surface area contributed by atoms with E-state index in [1.165, 1.54) is 11.8 Å². The van der Waals surface area contributed by atoms with Gasteiger partial charge < -0.3 is 20.4 Å². The summed E-state index contributed by atoms with van der Waals surface area (Å²) in [6, 6.07) is 12.8. The van der Waals surface area contributed by atoms with Crippen molar-refractivity contribution >= 4 is 11.9 Å². The van der Waals surface area contributed by atoms with Crippen molar-refractivity contribution in [2.45, 2.75) is 46.2 Å². The molecule has 1 aromatic heterocycles. The van der Waals surface area contributed by atoms with E-state index < -0.39 is 0 Å². The van der Waals surface area contributed by atoms with E-state index in [1.807, 2.05) is 13.0 Å². The van der Waals surface area contributed by atoms with E-state index in [1.54, 1.807) is 6.07 Å². The van der Waals surface area contributed by atoms with Crippen molar-refractivity contribution in [2.24, 2.45) is 4.99 Å². The Kier molecular flexibility index (Phi) is 10.6. The highest BCUT2D eigenvalue weighted by molar-refractivity contribution is 5.92. The smallest absolute Gasteiger partial charge is 0.287 e. The summed E-state index contributed by atoms with van der Waals surface area (Å²) >= 11 is 0. The molecule has 0 aliphatic carbocycles. The first kappa shape index (κ1) is 24.5. The summed E-state index contributed by atoms with van der Waals surface area (Å²) in [5, 5.41) is 9.56. The number of carbonyl (C=O) groups is 1. The summed E-state index contributed by atoms with van der Waals surface area (Å²) in [7, 11) is 2.16. The zero-order chi connectivity index (χ0) is 22.5. The first-order valence-corrected chi connectivity index (χ1v) is 11.1. The molecule has 7 nitrogen and oxygen atoms in total. The Balaban J connectivity index is 1.67. The lowest BCUT2D eigenvalue weighted by molar-refractivity contribution is 0.0925. The molecule has 0 radical (unpaired) electrons. The molecule has 0 aliphatic rings. The summed E-state index contributed by atoms with van der Waals surface area (Å²) < 4.78 is 5.20. The molecule has 31 heavy (non-hydrogen) atoms. The van der Waals surface area contributed by atoms with Crippen LogP contribution in [0.15, 0.2) is 52.1 Å². The highest BCUT2D eigenvalue weighted by atomic mass is 16.3. The Morgan fingerprint density at radius 1 is 1.13 bits per heavy atom. The maximum absolute atomic E-state index is 12.0. The van der Waals surface area contributed by atoms with Crippen molar-refractivity contribution in [1.82, 2.24) is 20.9 Å². The van der Waals surface area contributed by atoms with Crippen LogP contribution in [0, 0.1) is 6.92 Å². The Labute approximate surface area is 186 Å². The molecule has 1 amide bonds. The first-order chi connectivity index (χ1) is 15.0. The minimum absolute atomic E-state index is 0.176. The van der Waals surface area contributed by atoms with E-state index in [4.69, 9.17) is 4.42 Å². The molecule has 1 unspecified atom stereocenters. The lowest BCUT2D eigenvalue weighted by atomic mass is 10.1. The molecule has 0 saturated carbocycles. The normalized spacial score (nSPS) is 12.6. The number of guanidine groups is 1. The van der Waals surface area contributed by atoms with Crippen molar-refractivity contribution in [2.75, 3.05) is 33.2 Å². The third-order valence-corrected chi connectivity index (χ3v) is 5.18. The number of carbonyl (C=O) groups excluding carboxylic acids is 1. The van der Waals surface area contributed by atoms with Crippen LogP contribution in [0.5, 0.6) is 0 Å². The average molecular weight is 428 g/mol. The van der Waals surface area contributed by atoms with Crippen LogP contribution in [0.2, 0.25) is 0 Å². The van der Waals surface area contributed by atoms with Gasteiger partial charge in [-0.25, -0.2) is 0 Å². The van der Waals surface area contributed by atoms with Crippen LogP contribution in [0.3, 0.4) is 0 Å². The number of aryl methyl sites for hydroxylation is 1. The van der Waals surface area contributed by atoms with Crippen LogP contribution in [-0.4, -0.2) is 56.0 Å². The number of nitrogens with one attached hydrogen (secondary N) is 3. The molecule has 0 saturated heterocycles. The van der Waals surface area contributed by atoms with Gasteiger partial charge in [-0.05, 0) is 52.3 Å². The summed E-state index contributed by atoms with van der Waals surface area (Å²) in [4.78, 5) is 19.0. The summed E-state index contributed by atoms with van der Waals surface area (Å²) in [5.74, 6) is 1.02. The maximum Gasteiger partial charge on any atom is 0.287 e. The van der Waals surface area contributed by atoms with Crippen LogP contribution >= 0.6 is 0 Å². The van der Waals surface area contributed by atoms with E-state index in [0.717, 1.165) is 44.0 Å². The second-order valence-corrected chi connectivity index (χ2v) is 7.77. The van der Waals surface area contributed by atoms with Gasteiger partial charge in [0.25, 0.3) is 5.91 Å². The highest BCUT2D eigenvalue weighted by Crippen LogP contribution is 2.08. The van der Waals surface area contributed by atoms with Crippen molar-refractivity contribution < 1.29 is 9.21 Å². The lowest BCUT2D eigenvalue weighted by Crippen LogP contribution is -2.40. The molecule has 2 rings (SSSR count). The summed E-state index contributed by atoms with van der Waals surface area (Å²) in [6.07, 6.45) is 3.31. The molecule has 1 heterocycles. The van der Waals surface area contributed by atoms with Gasteiger partial charge in [0.05, 0.1) is 6.26 Å². The lowest BCUT2D eigenvalue weighted by Gasteiger charge is -2.25. The van der Waals surface area contributed by atoms with Gasteiger partial charge in [0, 0.05) is 44.3 Å². The molecule has 2 aromatic rings. The number of amides is 1. The summed E-state index contributed by atoms with van der Waals surface area (Å²) in [5.41, 5.74) is 2.17.